The molecule has 2 aliphatic heterocycles. The lowest BCUT2D eigenvalue weighted by molar-refractivity contribution is -0.132. The zero-order valence-corrected chi connectivity index (χ0v) is 17.8. The topological polar surface area (TPSA) is 108 Å². The Morgan fingerprint density at radius 2 is 1.83 bits per heavy atom. The summed E-state index contributed by atoms with van der Waals surface area (Å²) in [5, 5.41) is 14.0. The standard InChI is InChI=1S/C20H27N7O3/c1-19(2,3)30-18(29)26-11-9-20(10-12-26)17(28)25(4)13-27(20)15-7-5-14(6-8-15)16-21-23-24-22-16/h5-8H,9-13H2,1-4H3,(H,21,22,23,24). The molecule has 2 fully saturated rings. The fraction of sp³-hybridized carbons (Fsp3) is 0.550. The molecule has 1 aromatic carbocycles. The van der Waals surface area contributed by atoms with Crippen molar-refractivity contribution >= 4 is 17.7 Å². The largest absolute Gasteiger partial charge is 0.444 e. The van der Waals surface area contributed by atoms with Crippen LogP contribution in [0.2, 0.25) is 0 Å². The van der Waals surface area contributed by atoms with Gasteiger partial charge in [0.1, 0.15) is 11.1 Å². The number of hydrogen-bond donors (Lipinski definition) is 1. The minimum absolute atomic E-state index is 0.0913. The van der Waals surface area contributed by atoms with Gasteiger partial charge in [-0.1, -0.05) is 0 Å². The van der Waals surface area contributed by atoms with Gasteiger partial charge < -0.3 is 19.4 Å². The van der Waals surface area contributed by atoms with Gasteiger partial charge in [-0.05, 0) is 63.1 Å². The molecule has 2 aliphatic rings. The van der Waals surface area contributed by atoms with E-state index in [9.17, 15) is 9.59 Å². The summed E-state index contributed by atoms with van der Waals surface area (Å²) in [7, 11) is 1.82. The molecule has 1 aromatic heterocycles. The molecule has 0 atom stereocenters. The van der Waals surface area contributed by atoms with Gasteiger partial charge in [-0.3, -0.25) is 4.79 Å². The van der Waals surface area contributed by atoms with Gasteiger partial charge in [0.05, 0.1) is 6.67 Å². The summed E-state index contributed by atoms with van der Waals surface area (Å²) in [6.45, 7) is 7.02. The number of carbonyl (C=O) groups excluding carboxylic acids is 2. The van der Waals surface area contributed by atoms with E-state index in [0.29, 0.717) is 38.4 Å². The highest BCUT2D eigenvalue weighted by Gasteiger charge is 2.53. The van der Waals surface area contributed by atoms with Gasteiger partial charge in [-0.2, -0.15) is 5.21 Å². The van der Waals surface area contributed by atoms with Crippen LogP contribution in [0.25, 0.3) is 11.4 Å². The second-order valence-corrected chi connectivity index (χ2v) is 8.85. The maximum Gasteiger partial charge on any atom is 0.410 e. The Morgan fingerprint density at radius 3 is 2.40 bits per heavy atom. The summed E-state index contributed by atoms with van der Waals surface area (Å²) in [5.74, 6) is 0.616. The minimum Gasteiger partial charge on any atom is -0.444 e. The average molecular weight is 413 g/mol. The number of carbonyl (C=O) groups is 2. The SMILES string of the molecule is CN1CN(c2ccc(-c3nn[nH]n3)cc2)C2(CCN(C(=O)OC(C)(C)C)CC2)C1=O. The first-order valence-electron chi connectivity index (χ1n) is 10.0. The third kappa shape index (κ3) is 3.57. The Morgan fingerprint density at radius 1 is 1.17 bits per heavy atom. The number of hydrogen-bond acceptors (Lipinski definition) is 7. The number of rotatable bonds is 2. The van der Waals surface area contributed by atoms with Gasteiger partial charge >= 0.3 is 6.09 Å². The second-order valence-electron chi connectivity index (χ2n) is 8.85. The van der Waals surface area contributed by atoms with Crippen molar-refractivity contribution in [1.82, 2.24) is 30.4 Å². The Bertz CT molecular complexity index is 913. The van der Waals surface area contributed by atoms with Crippen LogP contribution in [-0.4, -0.2) is 80.4 Å². The van der Waals surface area contributed by atoms with Crippen LogP contribution in [-0.2, 0) is 9.53 Å². The normalized spacial score (nSPS) is 18.9. The molecule has 2 amide bonds. The average Bonchev–Trinajstić information content (AvgIpc) is 3.32. The molecular formula is C20H27N7O3. The predicted molar refractivity (Wildman–Crippen MR) is 110 cm³/mol. The maximum atomic E-state index is 13.1. The van der Waals surface area contributed by atoms with Crippen molar-refractivity contribution < 1.29 is 14.3 Å². The summed E-state index contributed by atoms with van der Waals surface area (Å²) >= 11 is 0. The molecule has 10 nitrogen and oxygen atoms in total. The highest BCUT2D eigenvalue weighted by atomic mass is 16.6. The fourth-order valence-corrected chi connectivity index (χ4v) is 4.16. The molecule has 3 heterocycles. The second kappa shape index (κ2) is 7.26. The molecule has 0 saturated carbocycles. The number of ether oxygens (including phenoxy) is 1. The molecule has 0 bridgehead atoms. The quantitative estimate of drug-likeness (QED) is 0.801. The number of nitrogens with one attached hydrogen (secondary N) is 1. The van der Waals surface area contributed by atoms with Gasteiger partial charge in [0.2, 0.25) is 11.7 Å². The van der Waals surface area contributed by atoms with E-state index >= 15 is 0 Å². The summed E-state index contributed by atoms with van der Waals surface area (Å²) in [6.07, 6.45) is 0.788. The number of likely N-dealkylation sites (N-methyl/N-ethyl adjacent to an activating group) is 1. The van der Waals surface area contributed by atoms with Crippen LogP contribution in [0.3, 0.4) is 0 Å². The van der Waals surface area contributed by atoms with Crippen LogP contribution in [0.15, 0.2) is 24.3 Å². The van der Waals surface area contributed by atoms with Crippen LogP contribution in [0.4, 0.5) is 10.5 Å². The first-order chi connectivity index (χ1) is 14.2. The molecule has 0 aliphatic carbocycles. The molecule has 10 heteroatoms. The smallest absolute Gasteiger partial charge is 0.410 e. The van der Waals surface area contributed by atoms with Gasteiger partial charge in [0, 0.05) is 31.4 Å². The highest BCUT2D eigenvalue weighted by Crippen LogP contribution is 2.39. The molecule has 30 heavy (non-hydrogen) atoms. The Kier molecular flexibility index (Phi) is 4.87. The number of aromatic amines is 1. The molecule has 160 valence electrons. The lowest BCUT2D eigenvalue weighted by Crippen LogP contribution is -2.57. The van der Waals surface area contributed by atoms with Crippen LogP contribution >= 0.6 is 0 Å². The third-order valence-corrected chi connectivity index (χ3v) is 5.64. The Balaban J connectivity index is 1.53. The van der Waals surface area contributed by atoms with Gasteiger partial charge in [0.25, 0.3) is 0 Å². The molecular weight excluding hydrogens is 386 g/mol. The van der Waals surface area contributed by atoms with E-state index in [2.05, 4.69) is 25.5 Å². The van der Waals surface area contributed by atoms with Crippen molar-refractivity contribution in [2.45, 2.75) is 44.8 Å². The van der Waals surface area contributed by atoms with E-state index in [1.807, 2.05) is 52.1 Å². The number of likely N-dealkylation sites (tertiary alicyclic amines) is 1. The summed E-state index contributed by atoms with van der Waals surface area (Å²) in [4.78, 5) is 31.2. The third-order valence-electron chi connectivity index (χ3n) is 5.64. The van der Waals surface area contributed by atoms with Crippen LogP contribution in [0, 0.1) is 0 Å². The van der Waals surface area contributed by atoms with E-state index in [0.717, 1.165) is 11.3 Å². The number of tetrazole rings is 1. The van der Waals surface area contributed by atoms with E-state index in [1.165, 1.54) is 0 Å². The van der Waals surface area contributed by atoms with E-state index in [1.54, 1.807) is 9.80 Å². The summed E-state index contributed by atoms with van der Waals surface area (Å²) in [5.41, 5.74) is 0.606. The minimum atomic E-state index is -0.652. The zero-order chi connectivity index (χ0) is 21.5. The number of anilines is 1. The van der Waals surface area contributed by atoms with E-state index in [4.69, 9.17) is 4.74 Å². The fourth-order valence-electron chi connectivity index (χ4n) is 4.16. The Labute approximate surface area is 175 Å². The zero-order valence-electron chi connectivity index (χ0n) is 17.8. The molecule has 0 unspecified atom stereocenters. The molecule has 1 N–H and O–H groups in total. The van der Waals surface area contributed by atoms with Crippen LogP contribution in [0.5, 0.6) is 0 Å². The molecule has 2 saturated heterocycles. The van der Waals surface area contributed by atoms with Crippen molar-refractivity contribution in [2.24, 2.45) is 0 Å². The number of nitrogens with zero attached hydrogens (tertiary/aromatic N) is 6. The van der Waals surface area contributed by atoms with Crippen molar-refractivity contribution in [3.63, 3.8) is 0 Å². The van der Waals surface area contributed by atoms with Crippen LogP contribution in [0.1, 0.15) is 33.6 Å². The first kappa shape index (κ1) is 20.1. The molecule has 2 aromatic rings. The molecule has 0 radical (unpaired) electrons. The number of benzene rings is 1. The van der Waals surface area contributed by atoms with Crippen molar-refractivity contribution in [1.29, 1.82) is 0 Å². The molecule has 4 rings (SSSR count). The van der Waals surface area contributed by atoms with Crippen molar-refractivity contribution in [2.75, 3.05) is 31.7 Å². The number of amides is 2. The Hall–Kier alpha value is -3.17. The number of aromatic nitrogens is 4. The van der Waals surface area contributed by atoms with E-state index in [-0.39, 0.29) is 12.0 Å². The predicted octanol–water partition coefficient (Wildman–Crippen LogP) is 1.87. The monoisotopic (exact) mass is 413 g/mol. The van der Waals surface area contributed by atoms with Gasteiger partial charge in [-0.15, -0.1) is 10.2 Å². The van der Waals surface area contributed by atoms with Gasteiger partial charge in [-0.25, -0.2) is 4.79 Å². The lowest BCUT2D eigenvalue weighted by Gasteiger charge is -2.43. The molecule has 1 spiro atoms. The number of piperidine rings is 1. The van der Waals surface area contributed by atoms with Crippen molar-refractivity contribution in [3.8, 4) is 11.4 Å². The maximum absolute atomic E-state index is 13.1. The highest BCUT2D eigenvalue weighted by molar-refractivity contribution is 5.93. The first-order valence-corrected chi connectivity index (χ1v) is 10.0. The summed E-state index contributed by atoms with van der Waals surface area (Å²) < 4.78 is 5.49. The summed E-state index contributed by atoms with van der Waals surface area (Å²) in [6, 6.07) is 7.79. The lowest BCUT2D eigenvalue weighted by atomic mass is 9.85. The van der Waals surface area contributed by atoms with Crippen molar-refractivity contribution in [3.05, 3.63) is 24.3 Å². The van der Waals surface area contributed by atoms with Crippen LogP contribution < -0.4 is 4.90 Å². The van der Waals surface area contributed by atoms with E-state index < -0.39 is 11.1 Å². The number of H-pyrrole nitrogens is 1. The van der Waals surface area contributed by atoms with Gasteiger partial charge in [0.15, 0.2) is 0 Å².